The molecule has 2 aromatic rings. The van der Waals surface area contributed by atoms with E-state index in [9.17, 15) is 9.90 Å². The highest BCUT2D eigenvalue weighted by Crippen LogP contribution is 2.42. The number of aryl methyl sites for hydroxylation is 1. The van der Waals surface area contributed by atoms with Crippen molar-refractivity contribution in [3.63, 3.8) is 0 Å². The molecule has 0 bridgehead atoms. The Balaban J connectivity index is 2.10. The summed E-state index contributed by atoms with van der Waals surface area (Å²) in [4.78, 5) is 17.9. The van der Waals surface area contributed by atoms with E-state index in [1.165, 1.54) is 0 Å². The summed E-state index contributed by atoms with van der Waals surface area (Å²) >= 11 is 1.68. The standard InChI is InChI=1S/C25H36N2O2S/c1-16-10-9-11-18(27-16)15-26-22(28)12-17(2)30-19-13-20(24(3,4)5)23(29)21(14-19)25(6,7)8/h9-11,13-14,17,29H,12,15H2,1-8H3,(H,26,28). The lowest BCUT2D eigenvalue weighted by Crippen LogP contribution is -2.25. The predicted molar refractivity (Wildman–Crippen MR) is 126 cm³/mol. The maximum absolute atomic E-state index is 12.4. The first-order valence-corrected chi connectivity index (χ1v) is 11.4. The van der Waals surface area contributed by atoms with Crippen LogP contribution in [0.2, 0.25) is 0 Å². The molecule has 1 amide bonds. The van der Waals surface area contributed by atoms with Crippen LogP contribution in [0.15, 0.2) is 35.2 Å². The van der Waals surface area contributed by atoms with Gasteiger partial charge < -0.3 is 10.4 Å². The normalized spacial score (nSPS) is 13.2. The average molecular weight is 429 g/mol. The minimum atomic E-state index is -0.165. The van der Waals surface area contributed by atoms with E-state index in [0.717, 1.165) is 27.4 Å². The van der Waals surface area contributed by atoms with Crippen molar-refractivity contribution in [2.45, 2.75) is 89.3 Å². The summed E-state index contributed by atoms with van der Waals surface area (Å²) < 4.78 is 0. The van der Waals surface area contributed by atoms with Crippen molar-refractivity contribution in [1.82, 2.24) is 10.3 Å². The van der Waals surface area contributed by atoms with Crippen LogP contribution in [0, 0.1) is 6.92 Å². The van der Waals surface area contributed by atoms with Gasteiger partial charge in [0.15, 0.2) is 0 Å². The Labute approximate surface area is 185 Å². The number of nitrogens with zero attached hydrogens (tertiary/aromatic N) is 1. The van der Waals surface area contributed by atoms with Crippen LogP contribution in [0.25, 0.3) is 0 Å². The summed E-state index contributed by atoms with van der Waals surface area (Å²) in [6.07, 6.45) is 0.424. The van der Waals surface area contributed by atoms with Gasteiger partial charge in [-0.25, -0.2) is 0 Å². The molecule has 4 nitrogen and oxygen atoms in total. The molecule has 1 aromatic heterocycles. The van der Waals surface area contributed by atoms with Gasteiger partial charge in [-0.2, -0.15) is 0 Å². The van der Waals surface area contributed by atoms with Crippen molar-refractivity contribution in [1.29, 1.82) is 0 Å². The molecule has 1 unspecified atom stereocenters. The largest absolute Gasteiger partial charge is 0.507 e. The Morgan fingerprint density at radius 3 is 2.17 bits per heavy atom. The Morgan fingerprint density at radius 1 is 1.10 bits per heavy atom. The predicted octanol–water partition coefficient (Wildman–Crippen LogP) is 5.88. The van der Waals surface area contributed by atoms with Crippen LogP contribution < -0.4 is 5.32 Å². The van der Waals surface area contributed by atoms with Crippen LogP contribution in [0.4, 0.5) is 0 Å². The summed E-state index contributed by atoms with van der Waals surface area (Å²) in [5, 5.41) is 14.0. The summed E-state index contributed by atoms with van der Waals surface area (Å²) in [6.45, 7) is 17.1. The van der Waals surface area contributed by atoms with Gasteiger partial charge in [0.2, 0.25) is 5.91 Å². The first kappa shape index (κ1) is 24.3. The minimum Gasteiger partial charge on any atom is -0.507 e. The number of benzene rings is 1. The molecule has 0 aliphatic heterocycles. The zero-order valence-electron chi connectivity index (χ0n) is 19.6. The van der Waals surface area contributed by atoms with Gasteiger partial charge in [-0.3, -0.25) is 9.78 Å². The second kappa shape index (κ2) is 9.42. The lowest BCUT2D eigenvalue weighted by Gasteiger charge is -2.28. The summed E-state index contributed by atoms with van der Waals surface area (Å²) in [6, 6.07) is 9.96. The second-order valence-electron chi connectivity index (χ2n) is 10.0. The zero-order chi connectivity index (χ0) is 22.7. The van der Waals surface area contributed by atoms with Crippen LogP contribution in [-0.4, -0.2) is 21.2 Å². The molecule has 0 aliphatic carbocycles. The Kier molecular flexibility index (Phi) is 7.62. The maximum Gasteiger partial charge on any atom is 0.221 e. The van der Waals surface area contributed by atoms with Gasteiger partial charge in [0.1, 0.15) is 5.75 Å². The fraction of sp³-hybridized carbons (Fsp3) is 0.520. The van der Waals surface area contributed by atoms with Crippen LogP contribution in [0.1, 0.15) is 77.4 Å². The van der Waals surface area contributed by atoms with Crippen molar-refractivity contribution in [2.75, 3.05) is 0 Å². The molecule has 2 N–H and O–H groups in total. The molecule has 1 heterocycles. The molecule has 0 fully saturated rings. The number of pyridine rings is 1. The maximum atomic E-state index is 12.4. The first-order chi connectivity index (χ1) is 13.8. The van der Waals surface area contributed by atoms with Gasteiger partial charge in [-0.1, -0.05) is 54.5 Å². The summed E-state index contributed by atoms with van der Waals surface area (Å²) in [7, 11) is 0. The second-order valence-corrected chi connectivity index (χ2v) is 11.6. The third-order valence-electron chi connectivity index (χ3n) is 4.92. The van der Waals surface area contributed by atoms with Crippen molar-refractivity contribution in [3.8, 4) is 5.75 Å². The van der Waals surface area contributed by atoms with Crippen molar-refractivity contribution >= 4 is 17.7 Å². The quantitative estimate of drug-likeness (QED) is 0.564. The molecule has 0 aliphatic rings. The molecule has 164 valence electrons. The number of hydrogen-bond acceptors (Lipinski definition) is 4. The van der Waals surface area contributed by atoms with E-state index in [2.05, 4.69) is 70.9 Å². The van der Waals surface area contributed by atoms with Crippen LogP contribution >= 0.6 is 11.8 Å². The monoisotopic (exact) mass is 428 g/mol. The third kappa shape index (κ3) is 6.76. The number of aromatic hydroxyl groups is 1. The molecule has 30 heavy (non-hydrogen) atoms. The lowest BCUT2D eigenvalue weighted by atomic mass is 9.79. The van der Waals surface area contributed by atoms with Gasteiger partial charge in [0, 0.05) is 33.4 Å². The number of carbonyl (C=O) groups is 1. The number of rotatable bonds is 6. The fourth-order valence-corrected chi connectivity index (χ4v) is 4.38. The number of phenolic OH excluding ortho intramolecular Hbond substituents is 1. The van der Waals surface area contributed by atoms with E-state index < -0.39 is 0 Å². The topological polar surface area (TPSA) is 62.2 Å². The smallest absolute Gasteiger partial charge is 0.221 e. The molecular weight excluding hydrogens is 392 g/mol. The van der Waals surface area contributed by atoms with E-state index in [0.29, 0.717) is 18.7 Å². The number of nitrogens with one attached hydrogen (secondary N) is 1. The molecular formula is C25H36N2O2S. The minimum absolute atomic E-state index is 0.0178. The highest BCUT2D eigenvalue weighted by Gasteiger charge is 2.27. The van der Waals surface area contributed by atoms with Crippen molar-refractivity contribution < 1.29 is 9.90 Å². The number of hydrogen-bond donors (Lipinski definition) is 2. The van der Waals surface area contributed by atoms with Crippen molar-refractivity contribution in [3.05, 3.63) is 52.8 Å². The first-order valence-electron chi connectivity index (χ1n) is 10.5. The molecule has 0 spiro atoms. The van der Waals surface area contributed by atoms with Crippen molar-refractivity contribution in [2.24, 2.45) is 0 Å². The average Bonchev–Trinajstić information content (AvgIpc) is 2.59. The van der Waals surface area contributed by atoms with Gasteiger partial charge in [-0.15, -0.1) is 11.8 Å². The van der Waals surface area contributed by atoms with Gasteiger partial charge in [0.05, 0.1) is 12.2 Å². The van der Waals surface area contributed by atoms with E-state index >= 15 is 0 Å². The zero-order valence-corrected chi connectivity index (χ0v) is 20.4. The van der Waals surface area contributed by atoms with Gasteiger partial charge >= 0.3 is 0 Å². The number of carbonyl (C=O) groups excluding carboxylic acids is 1. The Hall–Kier alpha value is -2.01. The molecule has 0 saturated heterocycles. The van der Waals surface area contributed by atoms with E-state index in [-0.39, 0.29) is 22.0 Å². The lowest BCUT2D eigenvalue weighted by molar-refractivity contribution is -0.121. The van der Waals surface area contributed by atoms with E-state index in [1.807, 2.05) is 25.1 Å². The number of thioether (sulfide) groups is 1. The molecule has 1 atom stereocenters. The number of phenols is 1. The highest BCUT2D eigenvalue weighted by molar-refractivity contribution is 8.00. The third-order valence-corrected chi connectivity index (χ3v) is 6.00. The summed E-state index contributed by atoms with van der Waals surface area (Å²) in [5.74, 6) is 0.402. The molecule has 2 rings (SSSR count). The summed E-state index contributed by atoms with van der Waals surface area (Å²) in [5.41, 5.74) is 3.37. The van der Waals surface area contributed by atoms with E-state index in [1.54, 1.807) is 11.8 Å². The number of aromatic nitrogens is 1. The van der Waals surface area contributed by atoms with Crippen LogP contribution in [0.5, 0.6) is 5.75 Å². The Morgan fingerprint density at radius 2 is 1.67 bits per heavy atom. The Bertz CT molecular complexity index is 860. The molecule has 0 saturated carbocycles. The van der Waals surface area contributed by atoms with Crippen LogP contribution in [-0.2, 0) is 22.2 Å². The molecule has 1 aromatic carbocycles. The van der Waals surface area contributed by atoms with Gasteiger partial charge in [-0.05, 0) is 42.0 Å². The van der Waals surface area contributed by atoms with Gasteiger partial charge in [0.25, 0.3) is 0 Å². The number of amides is 1. The van der Waals surface area contributed by atoms with E-state index in [4.69, 9.17) is 0 Å². The molecule has 5 heteroatoms. The SMILES string of the molecule is Cc1cccc(CNC(=O)CC(C)Sc2cc(C(C)(C)C)c(O)c(C(C)(C)C)c2)n1. The highest BCUT2D eigenvalue weighted by atomic mass is 32.2. The van der Waals surface area contributed by atoms with Crippen LogP contribution in [0.3, 0.4) is 0 Å². The fourth-order valence-electron chi connectivity index (χ4n) is 3.31. The molecule has 0 radical (unpaired) electrons.